The van der Waals surface area contributed by atoms with E-state index < -0.39 is 7.12 Å². The number of hydrogen-bond donors (Lipinski definition) is 2. The zero-order chi connectivity index (χ0) is 24.4. The number of aromatic nitrogens is 6. The van der Waals surface area contributed by atoms with E-state index in [1.165, 1.54) is 32.5 Å². The topological polar surface area (TPSA) is 119 Å². The van der Waals surface area contributed by atoms with Crippen LogP contribution in [0.25, 0.3) is 11.3 Å². The number of nitrogens with zero attached hydrogens (tertiary/aromatic N) is 6. The minimum absolute atomic E-state index is 0.574. The van der Waals surface area contributed by atoms with Gasteiger partial charge in [-0.05, 0) is 86.3 Å². The molecule has 4 aromatic rings. The van der Waals surface area contributed by atoms with E-state index in [0.717, 1.165) is 43.8 Å². The van der Waals surface area contributed by atoms with Crippen molar-refractivity contribution >= 4 is 41.0 Å². The Balaban J connectivity index is 0.000000140. The van der Waals surface area contributed by atoms with Gasteiger partial charge in [0.1, 0.15) is 3.70 Å². The monoisotopic (exact) mass is 578 g/mol. The average Bonchev–Trinajstić information content (AvgIpc) is 3.74. The number of hydrogen-bond acceptors (Lipinski definition) is 8. The molecule has 2 fully saturated rings. The standard InChI is InChI=1S/C11H13N3O.C10H10IN3O.CH5BO2/c1-7-3-6-9(15-2)11-12-10(8-4-5-8)13-14(7)11;1-15-7-4-5-8(11)14-10(7)12-9(13-14)6-2-3-6;1-2(3)4/h3,6,8H,4-5H2,1-2H3;4-6H,2-3H2,1H3;3-4H,1H3. The van der Waals surface area contributed by atoms with Gasteiger partial charge in [0.15, 0.2) is 34.4 Å². The van der Waals surface area contributed by atoms with Crippen molar-refractivity contribution in [2.75, 3.05) is 14.2 Å². The second-order valence-corrected chi connectivity index (χ2v) is 9.46. The van der Waals surface area contributed by atoms with Gasteiger partial charge in [0, 0.05) is 17.5 Å². The van der Waals surface area contributed by atoms with E-state index in [-0.39, 0.29) is 0 Å². The molecule has 34 heavy (non-hydrogen) atoms. The number of rotatable bonds is 4. The molecule has 2 N–H and O–H groups in total. The molecule has 12 heteroatoms. The van der Waals surface area contributed by atoms with Crippen LogP contribution in [0.5, 0.6) is 11.5 Å². The Bertz CT molecular complexity index is 1190. The molecular weight excluding hydrogens is 550 g/mol. The van der Waals surface area contributed by atoms with Crippen LogP contribution in [0.1, 0.15) is 54.9 Å². The number of ether oxygens (including phenoxy) is 2. The maximum absolute atomic E-state index is 7.61. The lowest BCUT2D eigenvalue weighted by atomic mass is 9.99. The summed E-state index contributed by atoms with van der Waals surface area (Å²) in [4.78, 5) is 9.06. The molecule has 10 nitrogen and oxygen atoms in total. The van der Waals surface area contributed by atoms with Crippen molar-refractivity contribution in [3.63, 3.8) is 0 Å². The van der Waals surface area contributed by atoms with Gasteiger partial charge >= 0.3 is 7.12 Å². The van der Waals surface area contributed by atoms with E-state index in [2.05, 4.69) is 42.8 Å². The maximum atomic E-state index is 7.61. The van der Waals surface area contributed by atoms with E-state index in [0.29, 0.717) is 11.8 Å². The van der Waals surface area contributed by atoms with Gasteiger partial charge in [-0.25, -0.2) is 19.0 Å². The number of methoxy groups -OCH3 is 2. The van der Waals surface area contributed by atoms with E-state index in [4.69, 9.17) is 19.5 Å². The molecule has 2 aliphatic rings. The molecule has 2 aliphatic carbocycles. The summed E-state index contributed by atoms with van der Waals surface area (Å²) in [6.07, 6.45) is 4.88. The van der Waals surface area contributed by atoms with Crippen LogP contribution in [0.15, 0.2) is 24.3 Å². The SMILES string of the molecule is CB(O)O.COc1ccc(C)n2nc(C3CC3)nc12.COc1ccc(I)n2nc(C3CC3)nc12. The Kier molecular flexibility index (Phi) is 7.58. The Morgan fingerprint density at radius 1 is 0.853 bits per heavy atom. The fourth-order valence-corrected chi connectivity index (χ4v) is 3.86. The van der Waals surface area contributed by atoms with Crippen LogP contribution in [0.3, 0.4) is 0 Å². The van der Waals surface area contributed by atoms with Gasteiger partial charge in [-0.1, -0.05) is 0 Å². The first kappa shape index (κ1) is 24.7. The molecule has 6 rings (SSSR count). The van der Waals surface area contributed by atoms with Crippen LogP contribution in [-0.4, -0.2) is 60.6 Å². The van der Waals surface area contributed by atoms with Gasteiger partial charge in [-0.3, -0.25) is 0 Å². The summed E-state index contributed by atoms with van der Waals surface area (Å²) in [6.45, 7) is 3.30. The summed E-state index contributed by atoms with van der Waals surface area (Å²) in [5, 5.41) is 24.2. The maximum Gasteiger partial charge on any atom is 0.448 e. The Morgan fingerprint density at radius 2 is 1.29 bits per heavy atom. The second kappa shape index (κ2) is 10.4. The molecular formula is C22H28BIN6O4. The second-order valence-electron chi connectivity index (χ2n) is 8.36. The van der Waals surface area contributed by atoms with Gasteiger partial charge < -0.3 is 19.5 Å². The van der Waals surface area contributed by atoms with Crippen molar-refractivity contribution in [1.82, 2.24) is 29.2 Å². The van der Waals surface area contributed by atoms with Crippen LogP contribution in [0.2, 0.25) is 6.82 Å². The molecule has 0 spiro atoms. The lowest BCUT2D eigenvalue weighted by Crippen LogP contribution is -2.00. The fraction of sp³-hybridized carbons (Fsp3) is 0.455. The minimum Gasteiger partial charge on any atom is -0.493 e. The first-order valence-electron chi connectivity index (χ1n) is 11.2. The third-order valence-electron chi connectivity index (χ3n) is 5.40. The van der Waals surface area contributed by atoms with Crippen molar-refractivity contribution < 1.29 is 19.5 Å². The highest BCUT2D eigenvalue weighted by atomic mass is 127. The predicted octanol–water partition coefficient (Wildman–Crippen LogP) is 3.23. The first-order valence-corrected chi connectivity index (χ1v) is 12.3. The van der Waals surface area contributed by atoms with Crippen molar-refractivity contribution in [2.45, 2.75) is 51.3 Å². The highest BCUT2D eigenvalue weighted by Gasteiger charge is 2.29. The van der Waals surface area contributed by atoms with Crippen molar-refractivity contribution in [3.8, 4) is 11.5 Å². The van der Waals surface area contributed by atoms with Gasteiger partial charge in [-0.2, -0.15) is 5.10 Å². The zero-order valence-corrected chi connectivity index (χ0v) is 21.8. The molecule has 0 aliphatic heterocycles. The third-order valence-corrected chi connectivity index (χ3v) is 6.21. The summed E-state index contributed by atoms with van der Waals surface area (Å²) in [5.74, 6) is 4.65. The highest BCUT2D eigenvalue weighted by molar-refractivity contribution is 14.1. The van der Waals surface area contributed by atoms with E-state index >= 15 is 0 Å². The summed E-state index contributed by atoms with van der Waals surface area (Å²) in [5.41, 5.74) is 2.75. The third kappa shape index (κ3) is 5.61. The molecule has 2 saturated carbocycles. The summed E-state index contributed by atoms with van der Waals surface area (Å²) >= 11 is 2.25. The van der Waals surface area contributed by atoms with E-state index in [9.17, 15) is 0 Å². The van der Waals surface area contributed by atoms with Crippen LogP contribution < -0.4 is 9.47 Å². The number of halogens is 1. The van der Waals surface area contributed by atoms with Gasteiger partial charge in [0.05, 0.1) is 14.2 Å². The van der Waals surface area contributed by atoms with E-state index in [1.807, 2.05) is 40.2 Å². The Hall–Kier alpha value is -2.45. The normalized spacial score (nSPS) is 14.8. The molecule has 0 amide bonds. The average molecular weight is 578 g/mol. The van der Waals surface area contributed by atoms with Crippen molar-refractivity contribution in [1.29, 1.82) is 0 Å². The number of aryl methyl sites for hydroxylation is 1. The highest BCUT2D eigenvalue weighted by Crippen LogP contribution is 2.39. The molecule has 4 aromatic heterocycles. The van der Waals surface area contributed by atoms with Crippen molar-refractivity contribution in [2.24, 2.45) is 0 Å². The summed E-state index contributed by atoms with van der Waals surface area (Å²) < 4.78 is 15.3. The van der Waals surface area contributed by atoms with Crippen LogP contribution in [0.4, 0.5) is 0 Å². The molecule has 0 bridgehead atoms. The predicted molar refractivity (Wildman–Crippen MR) is 137 cm³/mol. The van der Waals surface area contributed by atoms with E-state index in [1.54, 1.807) is 14.2 Å². The smallest absolute Gasteiger partial charge is 0.448 e. The fourth-order valence-electron chi connectivity index (χ4n) is 3.35. The molecule has 4 heterocycles. The van der Waals surface area contributed by atoms with Gasteiger partial charge in [0.25, 0.3) is 0 Å². The molecule has 0 atom stereocenters. The number of fused-ring (bicyclic) bond motifs is 2. The Morgan fingerprint density at radius 3 is 1.76 bits per heavy atom. The van der Waals surface area contributed by atoms with Gasteiger partial charge in [-0.15, -0.1) is 5.10 Å². The molecule has 0 saturated heterocycles. The molecule has 0 radical (unpaired) electrons. The molecule has 0 aromatic carbocycles. The molecule has 180 valence electrons. The van der Waals surface area contributed by atoms with Gasteiger partial charge in [0.2, 0.25) is 0 Å². The minimum atomic E-state index is -1.17. The quantitative estimate of drug-likeness (QED) is 0.215. The summed E-state index contributed by atoms with van der Waals surface area (Å²) in [7, 11) is 2.16. The van der Waals surface area contributed by atoms with Crippen molar-refractivity contribution in [3.05, 3.63) is 45.3 Å². The number of pyridine rings is 2. The lowest BCUT2D eigenvalue weighted by Gasteiger charge is -2.02. The summed E-state index contributed by atoms with van der Waals surface area (Å²) in [6, 6.07) is 7.85. The first-order chi connectivity index (χ1) is 16.3. The van der Waals surface area contributed by atoms with Crippen LogP contribution in [0, 0.1) is 10.6 Å². The van der Waals surface area contributed by atoms with Crippen LogP contribution >= 0.6 is 22.6 Å². The van der Waals surface area contributed by atoms with Crippen LogP contribution in [-0.2, 0) is 0 Å². The zero-order valence-electron chi connectivity index (χ0n) is 19.6. The molecule has 0 unspecified atom stereocenters. The largest absolute Gasteiger partial charge is 0.493 e. The lowest BCUT2D eigenvalue weighted by molar-refractivity contribution is 0.416. The Labute approximate surface area is 211 Å².